The Labute approximate surface area is 168 Å². The Hall–Kier alpha value is -2.64. The number of nitrogens with zero attached hydrogens (tertiary/aromatic N) is 5. The van der Waals surface area contributed by atoms with E-state index in [0.29, 0.717) is 40.7 Å². The van der Waals surface area contributed by atoms with Gasteiger partial charge in [0.15, 0.2) is 0 Å². The number of piperazine rings is 1. The number of amides is 1. The van der Waals surface area contributed by atoms with Gasteiger partial charge in [0.05, 0.1) is 11.6 Å². The fourth-order valence-corrected chi connectivity index (χ4v) is 3.70. The average molecular weight is 400 g/mol. The quantitative estimate of drug-likeness (QED) is 0.659. The Morgan fingerprint density at radius 3 is 2.64 bits per heavy atom. The molecule has 0 radical (unpaired) electrons. The maximum absolute atomic E-state index is 13.2. The van der Waals surface area contributed by atoms with Crippen molar-refractivity contribution >= 4 is 17.5 Å². The van der Waals surface area contributed by atoms with Crippen LogP contribution >= 0.6 is 11.6 Å². The summed E-state index contributed by atoms with van der Waals surface area (Å²) in [5.41, 5.74) is 1.72. The van der Waals surface area contributed by atoms with Crippen molar-refractivity contribution in [2.24, 2.45) is 0 Å². The topological polar surface area (TPSA) is 67.4 Å². The molecule has 1 aromatic carbocycles. The van der Waals surface area contributed by atoms with Gasteiger partial charge in [-0.2, -0.15) is 5.10 Å². The van der Waals surface area contributed by atoms with Gasteiger partial charge >= 0.3 is 0 Å². The lowest BCUT2D eigenvalue weighted by molar-refractivity contribution is 0.0631. The summed E-state index contributed by atoms with van der Waals surface area (Å²) in [6.07, 6.45) is 3.75. The van der Waals surface area contributed by atoms with Gasteiger partial charge in [-0.25, -0.2) is 0 Å². The van der Waals surface area contributed by atoms with Gasteiger partial charge in [-0.05, 0) is 19.1 Å². The van der Waals surface area contributed by atoms with Gasteiger partial charge < -0.3 is 9.42 Å². The Bertz CT molecular complexity index is 945. The number of aryl methyl sites for hydroxylation is 1. The molecule has 3 heterocycles. The molecule has 0 N–H and O–H groups in total. The summed E-state index contributed by atoms with van der Waals surface area (Å²) in [5.74, 6) is 0.460. The van der Waals surface area contributed by atoms with Crippen LogP contribution in [0.25, 0.3) is 11.3 Å². The molecule has 8 heteroatoms. The SMILES string of the molecule is Cc1onc(-c2ccccc2Cl)c1C(=O)N1CCN(CCn2cccn2)CC1. The highest BCUT2D eigenvalue weighted by Gasteiger charge is 2.29. The standard InChI is InChI=1S/C20H22ClN5O2/c1-15-18(19(23-28-15)16-5-2-3-6-17(16)21)20(27)25-12-9-24(10-13-25)11-14-26-8-4-7-22-26/h2-8H,9-14H2,1H3. The molecule has 3 aromatic rings. The summed E-state index contributed by atoms with van der Waals surface area (Å²) in [6.45, 7) is 6.54. The summed E-state index contributed by atoms with van der Waals surface area (Å²) in [5, 5.41) is 8.89. The fourth-order valence-electron chi connectivity index (χ4n) is 3.47. The van der Waals surface area contributed by atoms with Crippen LogP contribution in [-0.4, -0.2) is 63.4 Å². The van der Waals surface area contributed by atoms with Crippen molar-refractivity contribution in [1.82, 2.24) is 24.7 Å². The molecule has 0 spiro atoms. The average Bonchev–Trinajstić information content (AvgIpc) is 3.36. The van der Waals surface area contributed by atoms with Gasteiger partial charge in [0.25, 0.3) is 5.91 Å². The van der Waals surface area contributed by atoms with Crippen molar-refractivity contribution < 1.29 is 9.32 Å². The molecule has 7 nitrogen and oxygen atoms in total. The number of carbonyl (C=O) groups excluding carboxylic acids is 1. The molecule has 2 aromatic heterocycles. The van der Waals surface area contributed by atoms with Crippen molar-refractivity contribution in [2.75, 3.05) is 32.7 Å². The first kappa shape index (κ1) is 18.7. The van der Waals surface area contributed by atoms with Crippen molar-refractivity contribution in [3.63, 3.8) is 0 Å². The van der Waals surface area contributed by atoms with Crippen LogP contribution in [0.1, 0.15) is 16.1 Å². The van der Waals surface area contributed by atoms with E-state index < -0.39 is 0 Å². The highest BCUT2D eigenvalue weighted by molar-refractivity contribution is 6.33. The van der Waals surface area contributed by atoms with Gasteiger partial charge in [0, 0.05) is 50.7 Å². The van der Waals surface area contributed by atoms with E-state index in [1.54, 1.807) is 19.2 Å². The maximum Gasteiger partial charge on any atom is 0.259 e. The molecule has 4 rings (SSSR count). The third-order valence-corrected chi connectivity index (χ3v) is 5.40. The smallest absolute Gasteiger partial charge is 0.259 e. The molecule has 1 saturated heterocycles. The van der Waals surface area contributed by atoms with Crippen molar-refractivity contribution in [3.8, 4) is 11.3 Å². The van der Waals surface area contributed by atoms with Crippen molar-refractivity contribution in [1.29, 1.82) is 0 Å². The molecule has 1 amide bonds. The molecular weight excluding hydrogens is 378 g/mol. The largest absolute Gasteiger partial charge is 0.360 e. The van der Waals surface area contributed by atoms with E-state index in [-0.39, 0.29) is 5.91 Å². The van der Waals surface area contributed by atoms with E-state index in [1.807, 2.05) is 40.0 Å². The summed E-state index contributed by atoms with van der Waals surface area (Å²) < 4.78 is 7.27. The fraction of sp³-hybridized carbons (Fsp3) is 0.350. The van der Waals surface area contributed by atoms with Gasteiger partial charge in [-0.3, -0.25) is 14.4 Å². The molecule has 1 aliphatic heterocycles. The zero-order chi connectivity index (χ0) is 19.5. The van der Waals surface area contributed by atoms with E-state index in [0.717, 1.165) is 26.2 Å². The summed E-state index contributed by atoms with van der Waals surface area (Å²) in [7, 11) is 0. The predicted octanol–water partition coefficient (Wildman–Crippen LogP) is 2.96. The van der Waals surface area contributed by atoms with E-state index in [1.165, 1.54) is 0 Å². The van der Waals surface area contributed by atoms with E-state index in [2.05, 4.69) is 15.2 Å². The number of benzene rings is 1. The zero-order valence-electron chi connectivity index (χ0n) is 15.7. The Kier molecular flexibility index (Phi) is 5.45. The minimum atomic E-state index is -0.0552. The van der Waals surface area contributed by atoms with Crippen molar-refractivity contribution in [3.05, 3.63) is 59.1 Å². The van der Waals surface area contributed by atoms with Crippen LogP contribution in [-0.2, 0) is 6.54 Å². The molecule has 0 bridgehead atoms. The lowest BCUT2D eigenvalue weighted by atomic mass is 10.0. The monoisotopic (exact) mass is 399 g/mol. The lowest BCUT2D eigenvalue weighted by Gasteiger charge is -2.34. The first-order valence-electron chi connectivity index (χ1n) is 9.33. The van der Waals surface area contributed by atoms with Gasteiger partial charge in [0.1, 0.15) is 17.0 Å². The molecule has 1 fully saturated rings. The molecule has 28 heavy (non-hydrogen) atoms. The van der Waals surface area contributed by atoms with E-state index in [9.17, 15) is 4.79 Å². The predicted molar refractivity (Wildman–Crippen MR) is 106 cm³/mol. The lowest BCUT2D eigenvalue weighted by Crippen LogP contribution is -2.49. The van der Waals surface area contributed by atoms with Crippen LogP contribution in [0.3, 0.4) is 0 Å². The molecule has 0 unspecified atom stereocenters. The highest BCUT2D eigenvalue weighted by Crippen LogP contribution is 2.31. The summed E-state index contributed by atoms with van der Waals surface area (Å²) in [6, 6.07) is 9.28. The number of carbonyl (C=O) groups is 1. The van der Waals surface area contributed by atoms with E-state index in [4.69, 9.17) is 16.1 Å². The van der Waals surface area contributed by atoms with Crippen LogP contribution in [0, 0.1) is 6.92 Å². The number of aromatic nitrogens is 3. The van der Waals surface area contributed by atoms with Crippen LogP contribution < -0.4 is 0 Å². The van der Waals surface area contributed by atoms with E-state index >= 15 is 0 Å². The molecule has 0 aliphatic carbocycles. The first-order chi connectivity index (χ1) is 13.6. The molecular formula is C20H22ClN5O2. The van der Waals surface area contributed by atoms with Gasteiger partial charge in [-0.15, -0.1) is 0 Å². The van der Waals surface area contributed by atoms with Crippen molar-refractivity contribution in [2.45, 2.75) is 13.5 Å². The summed E-state index contributed by atoms with van der Waals surface area (Å²) in [4.78, 5) is 17.4. The molecule has 1 aliphatic rings. The Morgan fingerprint density at radius 1 is 1.14 bits per heavy atom. The van der Waals surface area contributed by atoms with Crippen LogP contribution in [0.2, 0.25) is 5.02 Å². The molecule has 0 saturated carbocycles. The molecule has 0 atom stereocenters. The zero-order valence-corrected chi connectivity index (χ0v) is 16.5. The third kappa shape index (κ3) is 3.81. The van der Waals surface area contributed by atoms with Crippen LogP contribution in [0.5, 0.6) is 0 Å². The maximum atomic E-state index is 13.2. The van der Waals surface area contributed by atoms with Gasteiger partial charge in [0.2, 0.25) is 0 Å². The van der Waals surface area contributed by atoms with Crippen LogP contribution in [0.4, 0.5) is 0 Å². The third-order valence-electron chi connectivity index (χ3n) is 5.07. The number of hydrogen-bond acceptors (Lipinski definition) is 5. The van der Waals surface area contributed by atoms with Crippen LogP contribution in [0.15, 0.2) is 47.2 Å². The highest BCUT2D eigenvalue weighted by atomic mass is 35.5. The second kappa shape index (κ2) is 8.16. The summed E-state index contributed by atoms with van der Waals surface area (Å²) >= 11 is 6.31. The second-order valence-electron chi connectivity index (χ2n) is 6.85. The molecule has 146 valence electrons. The minimum Gasteiger partial charge on any atom is -0.360 e. The second-order valence-corrected chi connectivity index (χ2v) is 7.25. The number of halogens is 1. The number of hydrogen-bond donors (Lipinski definition) is 0. The van der Waals surface area contributed by atoms with Gasteiger partial charge in [-0.1, -0.05) is 35.0 Å². The Morgan fingerprint density at radius 2 is 1.93 bits per heavy atom. The normalized spacial score (nSPS) is 15.1. The first-order valence-corrected chi connectivity index (χ1v) is 9.71. The Balaban J connectivity index is 1.43. The number of rotatable bonds is 5. The minimum absolute atomic E-state index is 0.0552.